The van der Waals surface area contributed by atoms with Crippen LogP contribution in [0.1, 0.15) is 26.2 Å². The quantitative estimate of drug-likeness (QED) is 0.883. The van der Waals surface area contributed by atoms with E-state index in [1.165, 1.54) is 19.3 Å². The van der Waals surface area contributed by atoms with Crippen LogP contribution < -0.4 is 10.2 Å². The highest BCUT2D eigenvalue weighted by atomic mass is 15.2. The zero-order valence-electron chi connectivity index (χ0n) is 11.5. The maximum atomic E-state index is 4.62. The van der Waals surface area contributed by atoms with Crippen LogP contribution in [-0.4, -0.2) is 40.1 Å². The summed E-state index contributed by atoms with van der Waals surface area (Å²) >= 11 is 0. The van der Waals surface area contributed by atoms with E-state index in [0.29, 0.717) is 5.95 Å². The molecule has 0 bridgehead atoms. The van der Waals surface area contributed by atoms with E-state index < -0.39 is 0 Å². The topological polar surface area (TPSA) is 69.7 Å². The summed E-state index contributed by atoms with van der Waals surface area (Å²) in [7, 11) is 1.84. The molecule has 1 atom stereocenters. The number of hydrogen-bond acceptors (Lipinski definition) is 5. The summed E-state index contributed by atoms with van der Waals surface area (Å²) < 4.78 is 0. The second-order valence-electron chi connectivity index (χ2n) is 5.08. The monoisotopic (exact) mass is 260 g/mol. The van der Waals surface area contributed by atoms with Crippen LogP contribution in [-0.2, 0) is 0 Å². The van der Waals surface area contributed by atoms with Gasteiger partial charge in [0.2, 0.25) is 5.95 Å². The molecule has 0 radical (unpaired) electrons. The van der Waals surface area contributed by atoms with E-state index >= 15 is 0 Å². The van der Waals surface area contributed by atoms with Crippen LogP contribution in [0.2, 0.25) is 0 Å². The molecule has 1 fully saturated rings. The van der Waals surface area contributed by atoms with Crippen molar-refractivity contribution < 1.29 is 0 Å². The lowest BCUT2D eigenvalue weighted by Crippen LogP contribution is -2.36. The lowest BCUT2D eigenvalue weighted by molar-refractivity contribution is 0.403. The van der Waals surface area contributed by atoms with Crippen LogP contribution in [0, 0.1) is 5.92 Å². The summed E-state index contributed by atoms with van der Waals surface area (Å²) in [5.41, 5.74) is 1.67. The number of fused-ring (bicyclic) bond motifs is 1. The van der Waals surface area contributed by atoms with Crippen molar-refractivity contribution in [1.82, 2.24) is 19.9 Å². The van der Waals surface area contributed by atoms with Gasteiger partial charge in [0, 0.05) is 20.1 Å². The first-order chi connectivity index (χ1) is 9.31. The van der Waals surface area contributed by atoms with Crippen LogP contribution in [0.25, 0.3) is 11.2 Å². The fourth-order valence-electron chi connectivity index (χ4n) is 2.75. The van der Waals surface area contributed by atoms with Crippen molar-refractivity contribution in [3.8, 4) is 0 Å². The van der Waals surface area contributed by atoms with Crippen molar-refractivity contribution in [2.45, 2.75) is 26.2 Å². The molecule has 3 rings (SSSR count). The minimum Gasteiger partial charge on any atom is -0.357 e. The Labute approximate surface area is 112 Å². The molecule has 3 heterocycles. The van der Waals surface area contributed by atoms with Gasteiger partial charge >= 0.3 is 0 Å². The lowest BCUT2D eigenvalue weighted by atomic mass is 9.96. The molecule has 19 heavy (non-hydrogen) atoms. The van der Waals surface area contributed by atoms with Crippen LogP contribution >= 0.6 is 0 Å². The van der Waals surface area contributed by atoms with Gasteiger partial charge in [0.1, 0.15) is 5.52 Å². The SMILES string of the molecule is CCC1CCCN(c2nc(NC)nc3nc[nH]c23)C1. The highest BCUT2D eigenvalue weighted by Crippen LogP contribution is 2.28. The molecule has 1 saturated heterocycles. The first kappa shape index (κ1) is 12.2. The maximum Gasteiger partial charge on any atom is 0.226 e. The molecule has 6 nitrogen and oxygen atoms in total. The van der Waals surface area contributed by atoms with Crippen molar-refractivity contribution in [3.05, 3.63) is 6.33 Å². The second kappa shape index (κ2) is 5.03. The molecule has 0 aromatic carbocycles. The number of piperidine rings is 1. The summed E-state index contributed by atoms with van der Waals surface area (Å²) in [6, 6.07) is 0. The van der Waals surface area contributed by atoms with E-state index in [0.717, 1.165) is 36.0 Å². The molecule has 2 aromatic rings. The van der Waals surface area contributed by atoms with Gasteiger partial charge in [0.15, 0.2) is 11.5 Å². The molecule has 102 valence electrons. The van der Waals surface area contributed by atoms with Gasteiger partial charge in [0.05, 0.1) is 6.33 Å². The summed E-state index contributed by atoms with van der Waals surface area (Å²) in [6.45, 7) is 4.40. The Balaban J connectivity index is 2.00. The van der Waals surface area contributed by atoms with Gasteiger partial charge in [-0.15, -0.1) is 0 Å². The molecular formula is C13H20N6. The fourth-order valence-corrected chi connectivity index (χ4v) is 2.75. The van der Waals surface area contributed by atoms with Crippen molar-refractivity contribution in [2.75, 3.05) is 30.4 Å². The Morgan fingerprint density at radius 2 is 2.37 bits per heavy atom. The van der Waals surface area contributed by atoms with E-state index in [1.807, 2.05) is 7.05 Å². The Hall–Kier alpha value is -1.85. The van der Waals surface area contributed by atoms with E-state index in [4.69, 9.17) is 0 Å². The zero-order chi connectivity index (χ0) is 13.2. The molecule has 6 heteroatoms. The van der Waals surface area contributed by atoms with E-state index in [2.05, 4.69) is 37.1 Å². The number of H-pyrrole nitrogens is 1. The van der Waals surface area contributed by atoms with Gasteiger partial charge in [-0.2, -0.15) is 9.97 Å². The fraction of sp³-hybridized carbons (Fsp3) is 0.615. The third kappa shape index (κ3) is 2.22. The third-order valence-electron chi connectivity index (χ3n) is 3.89. The first-order valence-electron chi connectivity index (χ1n) is 6.95. The van der Waals surface area contributed by atoms with Crippen LogP contribution in [0.5, 0.6) is 0 Å². The Morgan fingerprint density at radius 1 is 1.47 bits per heavy atom. The standard InChI is InChI=1S/C13H20N6/c1-3-9-5-4-6-19(7-9)12-10-11(16-8-15-10)17-13(14-2)18-12/h8-9H,3-7H2,1-2H3,(H2,14,15,16,17,18). The molecule has 2 N–H and O–H groups in total. The molecule has 1 unspecified atom stereocenters. The smallest absolute Gasteiger partial charge is 0.226 e. The molecule has 2 aromatic heterocycles. The lowest BCUT2D eigenvalue weighted by Gasteiger charge is -2.33. The minimum atomic E-state index is 0.633. The second-order valence-corrected chi connectivity index (χ2v) is 5.08. The Bertz CT molecular complexity index is 563. The van der Waals surface area contributed by atoms with E-state index in [-0.39, 0.29) is 0 Å². The normalized spacial score (nSPS) is 19.9. The number of nitrogens with one attached hydrogen (secondary N) is 2. The summed E-state index contributed by atoms with van der Waals surface area (Å²) in [5.74, 6) is 2.37. The average molecular weight is 260 g/mol. The van der Waals surface area contributed by atoms with Gasteiger partial charge in [-0.1, -0.05) is 13.3 Å². The Morgan fingerprint density at radius 3 is 3.16 bits per heavy atom. The molecule has 1 aliphatic rings. The molecule has 0 aliphatic carbocycles. The first-order valence-corrected chi connectivity index (χ1v) is 6.95. The van der Waals surface area contributed by atoms with E-state index in [1.54, 1.807) is 6.33 Å². The molecule has 0 spiro atoms. The Kier molecular flexibility index (Phi) is 3.23. The largest absolute Gasteiger partial charge is 0.357 e. The average Bonchev–Trinajstić information content (AvgIpc) is 2.94. The summed E-state index contributed by atoms with van der Waals surface area (Å²) in [6.07, 6.45) is 5.46. The zero-order valence-corrected chi connectivity index (χ0v) is 11.5. The van der Waals surface area contributed by atoms with Gasteiger partial charge < -0.3 is 15.2 Å². The maximum absolute atomic E-state index is 4.62. The predicted molar refractivity (Wildman–Crippen MR) is 76.5 cm³/mol. The van der Waals surface area contributed by atoms with Crippen LogP contribution in [0.4, 0.5) is 11.8 Å². The van der Waals surface area contributed by atoms with Crippen molar-refractivity contribution in [2.24, 2.45) is 5.92 Å². The van der Waals surface area contributed by atoms with Gasteiger partial charge in [-0.05, 0) is 18.8 Å². The van der Waals surface area contributed by atoms with Gasteiger partial charge in [0.25, 0.3) is 0 Å². The summed E-state index contributed by atoms with van der Waals surface area (Å²) in [4.78, 5) is 18.7. The van der Waals surface area contributed by atoms with Crippen molar-refractivity contribution in [1.29, 1.82) is 0 Å². The van der Waals surface area contributed by atoms with Crippen molar-refractivity contribution in [3.63, 3.8) is 0 Å². The summed E-state index contributed by atoms with van der Waals surface area (Å²) in [5, 5.41) is 3.01. The number of hydrogen-bond donors (Lipinski definition) is 2. The highest BCUT2D eigenvalue weighted by molar-refractivity contribution is 5.84. The number of imidazole rings is 1. The molecule has 0 amide bonds. The predicted octanol–water partition coefficient (Wildman–Crippen LogP) is 2.02. The van der Waals surface area contributed by atoms with E-state index in [9.17, 15) is 0 Å². The number of nitrogens with zero attached hydrogens (tertiary/aromatic N) is 4. The number of aromatic amines is 1. The van der Waals surface area contributed by atoms with Gasteiger partial charge in [-0.25, -0.2) is 4.98 Å². The number of aromatic nitrogens is 4. The number of rotatable bonds is 3. The third-order valence-corrected chi connectivity index (χ3v) is 3.89. The van der Waals surface area contributed by atoms with Crippen LogP contribution in [0.3, 0.4) is 0 Å². The van der Waals surface area contributed by atoms with Gasteiger partial charge in [-0.3, -0.25) is 0 Å². The van der Waals surface area contributed by atoms with Crippen LogP contribution in [0.15, 0.2) is 6.33 Å². The molecule has 1 aliphatic heterocycles. The van der Waals surface area contributed by atoms with Crippen molar-refractivity contribution >= 4 is 22.9 Å². The number of anilines is 2. The molecule has 0 saturated carbocycles. The molecular weight excluding hydrogens is 240 g/mol. The highest BCUT2D eigenvalue weighted by Gasteiger charge is 2.22. The minimum absolute atomic E-state index is 0.633.